The van der Waals surface area contributed by atoms with E-state index in [2.05, 4.69) is 0 Å². The lowest BCUT2D eigenvalue weighted by molar-refractivity contribution is -0.155. The number of hydrogen-bond acceptors (Lipinski definition) is 4. The lowest BCUT2D eigenvalue weighted by atomic mass is 10.2. The summed E-state index contributed by atoms with van der Waals surface area (Å²) >= 11 is 0. The second-order valence-corrected chi connectivity index (χ2v) is 3.67. The van der Waals surface area contributed by atoms with E-state index in [0.717, 1.165) is 0 Å². The molecule has 0 amide bonds. The molecule has 4 heteroatoms. The van der Waals surface area contributed by atoms with Crippen molar-refractivity contribution in [1.29, 1.82) is 0 Å². The molecule has 13 heavy (non-hydrogen) atoms. The van der Waals surface area contributed by atoms with Crippen molar-refractivity contribution in [3.63, 3.8) is 0 Å². The van der Waals surface area contributed by atoms with Crippen LogP contribution in [0.1, 0.15) is 20.8 Å². The molecule has 0 heterocycles. The van der Waals surface area contributed by atoms with E-state index < -0.39 is 17.6 Å². The summed E-state index contributed by atoms with van der Waals surface area (Å²) in [5, 5.41) is 8.44. The number of nitrogens with two attached hydrogens (primary N) is 1. The average molecular weight is 187 g/mol. The van der Waals surface area contributed by atoms with Gasteiger partial charge in [0.2, 0.25) is 0 Å². The van der Waals surface area contributed by atoms with Crippen LogP contribution < -0.4 is 5.73 Å². The van der Waals surface area contributed by atoms with Crippen LogP contribution in [0.2, 0.25) is 0 Å². The van der Waals surface area contributed by atoms with E-state index in [0.29, 0.717) is 0 Å². The van der Waals surface area contributed by atoms with Crippen LogP contribution in [0.15, 0.2) is 12.2 Å². The standard InChI is InChI=1S/C9H17NO3/c1-9(2,3)13-8(12)7(10)5-4-6-11/h4-5,7,11H,6,10H2,1-3H3. The smallest absolute Gasteiger partial charge is 0.327 e. The van der Waals surface area contributed by atoms with Gasteiger partial charge in [-0.2, -0.15) is 0 Å². The van der Waals surface area contributed by atoms with Gasteiger partial charge in [0.1, 0.15) is 11.6 Å². The Hall–Kier alpha value is -0.870. The molecule has 0 aromatic carbocycles. The molecule has 4 nitrogen and oxygen atoms in total. The minimum absolute atomic E-state index is 0.128. The van der Waals surface area contributed by atoms with Crippen LogP contribution in [-0.2, 0) is 9.53 Å². The number of carbonyl (C=O) groups excluding carboxylic acids is 1. The zero-order chi connectivity index (χ0) is 10.5. The molecule has 76 valence electrons. The zero-order valence-electron chi connectivity index (χ0n) is 8.28. The Balaban J connectivity index is 4.04. The molecule has 0 aromatic heterocycles. The fourth-order valence-corrected chi connectivity index (χ4v) is 0.656. The highest BCUT2D eigenvalue weighted by Gasteiger charge is 2.19. The summed E-state index contributed by atoms with van der Waals surface area (Å²) in [5.74, 6) is -0.489. The maximum atomic E-state index is 11.2. The maximum absolute atomic E-state index is 11.2. The summed E-state index contributed by atoms with van der Waals surface area (Å²) in [6.07, 6.45) is 2.82. The first-order valence-electron chi connectivity index (χ1n) is 4.13. The summed E-state index contributed by atoms with van der Waals surface area (Å²) in [5.41, 5.74) is 4.91. The first-order valence-corrected chi connectivity index (χ1v) is 4.13. The Labute approximate surface area is 78.4 Å². The van der Waals surface area contributed by atoms with Crippen LogP contribution in [0.25, 0.3) is 0 Å². The highest BCUT2D eigenvalue weighted by molar-refractivity contribution is 5.78. The molecule has 0 spiro atoms. The summed E-state index contributed by atoms with van der Waals surface area (Å²) in [6.45, 7) is 5.19. The number of hydrogen-bond donors (Lipinski definition) is 2. The number of aliphatic hydroxyl groups is 1. The molecular formula is C9H17NO3. The summed E-state index contributed by atoms with van der Waals surface area (Å²) in [6, 6.07) is -0.800. The summed E-state index contributed by atoms with van der Waals surface area (Å²) in [7, 11) is 0. The SMILES string of the molecule is CC(C)(C)OC(=O)C(N)C=CCO. The number of carbonyl (C=O) groups is 1. The van der Waals surface area contributed by atoms with Gasteiger partial charge in [-0.1, -0.05) is 12.2 Å². The average Bonchev–Trinajstić information content (AvgIpc) is 1.96. The van der Waals surface area contributed by atoms with Crippen LogP contribution in [0.3, 0.4) is 0 Å². The normalized spacial score (nSPS) is 14.5. The number of rotatable bonds is 3. The predicted molar refractivity (Wildman–Crippen MR) is 50.0 cm³/mol. The molecule has 0 radical (unpaired) electrons. The highest BCUT2D eigenvalue weighted by Crippen LogP contribution is 2.07. The van der Waals surface area contributed by atoms with Crippen molar-refractivity contribution in [1.82, 2.24) is 0 Å². The van der Waals surface area contributed by atoms with Crippen molar-refractivity contribution in [2.75, 3.05) is 6.61 Å². The topological polar surface area (TPSA) is 72.5 Å². The molecule has 0 aliphatic heterocycles. The van der Waals surface area contributed by atoms with Crippen molar-refractivity contribution in [2.45, 2.75) is 32.4 Å². The summed E-state index contributed by atoms with van der Waals surface area (Å²) < 4.78 is 5.00. The fraction of sp³-hybridized carbons (Fsp3) is 0.667. The first-order chi connectivity index (χ1) is 5.87. The van der Waals surface area contributed by atoms with Gasteiger partial charge in [0.25, 0.3) is 0 Å². The maximum Gasteiger partial charge on any atom is 0.327 e. The highest BCUT2D eigenvalue weighted by atomic mass is 16.6. The van der Waals surface area contributed by atoms with Crippen LogP contribution >= 0.6 is 0 Å². The van der Waals surface area contributed by atoms with E-state index in [1.165, 1.54) is 12.2 Å². The van der Waals surface area contributed by atoms with Gasteiger partial charge in [-0.15, -0.1) is 0 Å². The number of ether oxygens (including phenoxy) is 1. The van der Waals surface area contributed by atoms with Crippen molar-refractivity contribution in [2.24, 2.45) is 5.73 Å². The lowest BCUT2D eigenvalue weighted by Crippen LogP contribution is -2.36. The van der Waals surface area contributed by atoms with Crippen molar-refractivity contribution < 1.29 is 14.6 Å². The van der Waals surface area contributed by atoms with Gasteiger partial charge >= 0.3 is 5.97 Å². The first kappa shape index (κ1) is 12.1. The van der Waals surface area contributed by atoms with E-state index in [1.807, 2.05) is 0 Å². The fourth-order valence-electron chi connectivity index (χ4n) is 0.656. The molecule has 0 aliphatic rings. The Bertz CT molecular complexity index is 194. The van der Waals surface area contributed by atoms with Crippen LogP contribution in [0, 0.1) is 0 Å². The van der Waals surface area contributed by atoms with Crippen molar-refractivity contribution in [3.05, 3.63) is 12.2 Å². The van der Waals surface area contributed by atoms with Crippen molar-refractivity contribution in [3.8, 4) is 0 Å². The Morgan fingerprint density at radius 2 is 2.15 bits per heavy atom. The molecule has 0 fully saturated rings. The van der Waals surface area contributed by atoms with Gasteiger partial charge in [-0.25, -0.2) is 4.79 Å². The van der Waals surface area contributed by atoms with Crippen LogP contribution in [-0.4, -0.2) is 29.3 Å². The zero-order valence-corrected chi connectivity index (χ0v) is 8.28. The van der Waals surface area contributed by atoms with Gasteiger partial charge in [0, 0.05) is 0 Å². The Morgan fingerprint density at radius 3 is 2.54 bits per heavy atom. The van der Waals surface area contributed by atoms with E-state index in [-0.39, 0.29) is 6.61 Å². The molecule has 0 aromatic rings. The molecule has 3 N–H and O–H groups in total. The second kappa shape index (κ2) is 4.99. The van der Waals surface area contributed by atoms with Gasteiger partial charge in [-0.3, -0.25) is 0 Å². The van der Waals surface area contributed by atoms with E-state index in [4.69, 9.17) is 15.6 Å². The molecule has 0 saturated carbocycles. The monoisotopic (exact) mass is 187 g/mol. The Kier molecular flexibility index (Phi) is 4.66. The third-order valence-electron chi connectivity index (χ3n) is 1.13. The quantitative estimate of drug-likeness (QED) is 0.489. The molecule has 1 unspecified atom stereocenters. The van der Waals surface area contributed by atoms with E-state index >= 15 is 0 Å². The molecular weight excluding hydrogens is 170 g/mol. The molecule has 0 rings (SSSR count). The van der Waals surface area contributed by atoms with Gasteiger partial charge < -0.3 is 15.6 Å². The molecule has 0 aliphatic carbocycles. The van der Waals surface area contributed by atoms with Gasteiger partial charge in [-0.05, 0) is 20.8 Å². The lowest BCUT2D eigenvalue weighted by Gasteiger charge is -2.20. The minimum Gasteiger partial charge on any atom is -0.459 e. The van der Waals surface area contributed by atoms with Gasteiger partial charge in [0.05, 0.1) is 6.61 Å². The van der Waals surface area contributed by atoms with Crippen LogP contribution in [0.5, 0.6) is 0 Å². The minimum atomic E-state index is -0.800. The Morgan fingerprint density at radius 1 is 1.62 bits per heavy atom. The summed E-state index contributed by atoms with van der Waals surface area (Å²) in [4.78, 5) is 11.2. The van der Waals surface area contributed by atoms with Crippen molar-refractivity contribution >= 4 is 5.97 Å². The van der Waals surface area contributed by atoms with E-state index in [1.54, 1.807) is 20.8 Å². The molecule has 0 bridgehead atoms. The third kappa shape index (κ3) is 6.31. The number of esters is 1. The van der Waals surface area contributed by atoms with E-state index in [9.17, 15) is 4.79 Å². The van der Waals surface area contributed by atoms with Crippen LogP contribution in [0.4, 0.5) is 0 Å². The molecule has 0 saturated heterocycles. The molecule has 1 atom stereocenters. The third-order valence-corrected chi connectivity index (χ3v) is 1.13. The predicted octanol–water partition coefficient (Wildman–Crippen LogP) is 0.204. The second-order valence-electron chi connectivity index (χ2n) is 3.67. The largest absolute Gasteiger partial charge is 0.459 e. The number of aliphatic hydroxyl groups excluding tert-OH is 1. The van der Waals surface area contributed by atoms with Gasteiger partial charge in [0.15, 0.2) is 0 Å².